The topological polar surface area (TPSA) is 88.1 Å². The lowest BCUT2D eigenvalue weighted by molar-refractivity contribution is 0.0684. The van der Waals surface area contributed by atoms with E-state index in [-0.39, 0.29) is 29.7 Å². The minimum atomic E-state index is -0.349. The first-order valence-electron chi connectivity index (χ1n) is 11.0. The number of thiazole rings is 1. The first kappa shape index (κ1) is 21.3. The van der Waals surface area contributed by atoms with Crippen LogP contribution in [0.5, 0.6) is 0 Å². The van der Waals surface area contributed by atoms with Crippen molar-refractivity contribution in [2.45, 2.75) is 31.8 Å². The van der Waals surface area contributed by atoms with Gasteiger partial charge in [-0.1, -0.05) is 16.6 Å². The van der Waals surface area contributed by atoms with Crippen molar-refractivity contribution in [1.29, 1.82) is 0 Å². The summed E-state index contributed by atoms with van der Waals surface area (Å²) in [5.74, 6) is -0.242. The molecular formula is C24H20FN5O2S2. The van der Waals surface area contributed by atoms with Crippen molar-refractivity contribution in [1.82, 2.24) is 24.8 Å². The lowest BCUT2D eigenvalue weighted by Gasteiger charge is -2.27. The van der Waals surface area contributed by atoms with Crippen molar-refractivity contribution in [2.24, 2.45) is 5.92 Å². The fourth-order valence-corrected chi connectivity index (χ4v) is 6.26. The first-order chi connectivity index (χ1) is 16.5. The van der Waals surface area contributed by atoms with Crippen LogP contribution in [-0.2, 0) is 0 Å². The number of aryl methyl sites for hydroxylation is 1. The van der Waals surface area contributed by atoms with Crippen molar-refractivity contribution in [3.8, 4) is 10.4 Å². The molecule has 0 spiro atoms. The molecule has 4 aromatic rings. The van der Waals surface area contributed by atoms with Gasteiger partial charge < -0.3 is 10.2 Å². The highest BCUT2D eigenvalue weighted by Gasteiger charge is 2.54. The number of amides is 2. The van der Waals surface area contributed by atoms with Gasteiger partial charge in [-0.2, -0.15) is 0 Å². The van der Waals surface area contributed by atoms with Gasteiger partial charge in [0.2, 0.25) is 0 Å². The average molecular weight is 494 g/mol. The smallest absolute Gasteiger partial charge is 0.274 e. The van der Waals surface area contributed by atoms with Crippen molar-refractivity contribution in [2.75, 3.05) is 6.54 Å². The molecule has 1 aliphatic heterocycles. The molecule has 34 heavy (non-hydrogen) atoms. The van der Waals surface area contributed by atoms with Crippen molar-refractivity contribution < 1.29 is 14.0 Å². The number of piperidine rings is 1. The van der Waals surface area contributed by atoms with Gasteiger partial charge in [0.1, 0.15) is 17.0 Å². The minimum Gasteiger partial charge on any atom is -0.350 e. The predicted octanol–water partition coefficient (Wildman–Crippen LogP) is 4.30. The van der Waals surface area contributed by atoms with Crippen LogP contribution in [0.15, 0.2) is 42.5 Å². The van der Waals surface area contributed by atoms with E-state index in [4.69, 9.17) is 0 Å². The van der Waals surface area contributed by atoms with Gasteiger partial charge in [-0.3, -0.25) is 9.59 Å². The van der Waals surface area contributed by atoms with E-state index in [1.54, 1.807) is 24.3 Å². The highest BCUT2D eigenvalue weighted by Crippen LogP contribution is 2.48. The number of carbonyl (C=O) groups is 2. The van der Waals surface area contributed by atoms with Crippen LogP contribution in [0.4, 0.5) is 4.39 Å². The van der Waals surface area contributed by atoms with E-state index in [9.17, 15) is 14.0 Å². The number of aromatic nitrogens is 3. The maximum atomic E-state index is 13.8. The van der Waals surface area contributed by atoms with Crippen LogP contribution in [0.3, 0.4) is 0 Å². The third kappa shape index (κ3) is 3.76. The van der Waals surface area contributed by atoms with E-state index >= 15 is 0 Å². The second-order valence-electron chi connectivity index (χ2n) is 8.75. The number of likely N-dealkylation sites (tertiary alicyclic amines) is 1. The summed E-state index contributed by atoms with van der Waals surface area (Å²) in [5, 5.41) is 7.78. The molecule has 7 nitrogen and oxygen atoms in total. The molecule has 3 heterocycles. The number of nitrogens with zero attached hydrogens (tertiary/aromatic N) is 4. The molecule has 2 amide bonds. The van der Waals surface area contributed by atoms with Crippen LogP contribution in [0, 0.1) is 18.7 Å². The largest absolute Gasteiger partial charge is 0.350 e. The zero-order chi connectivity index (χ0) is 23.4. The van der Waals surface area contributed by atoms with Gasteiger partial charge in [-0.25, -0.2) is 9.37 Å². The van der Waals surface area contributed by atoms with E-state index in [0.29, 0.717) is 39.7 Å². The zero-order valence-electron chi connectivity index (χ0n) is 18.2. The van der Waals surface area contributed by atoms with E-state index in [1.165, 1.54) is 35.0 Å². The summed E-state index contributed by atoms with van der Waals surface area (Å²) < 4.78 is 18.7. The Kier molecular flexibility index (Phi) is 5.14. The summed E-state index contributed by atoms with van der Waals surface area (Å²) in [5.41, 5.74) is 2.22. The maximum absolute atomic E-state index is 13.8. The Hall–Kier alpha value is -3.24. The van der Waals surface area contributed by atoms with Gasteiger partial charge in [-0.15, -0.1) is 16.4 Å². The zero-order valence-corrected chi connectivity index (χ0v) is 19.8. The summed E-state index contributed by atoms with van der Waals surface area (Å²) in [4.78, 5) is 33.5. The van der Waals surface area contributed by atoms with Gasteiger partial charge in [0, 0.05) is 18.2 Å². The van der Waals surface area contributed by atoms with Crippen LogP contribution in [0.25, 0.3) is 20.7 Å². The third-order valence-corrected chi connectivity index (χ3v) is 8.20. The molecular weight excluding hydrogens is 473 g/mol. The molecule has 1 aliphatic carbocycles. The molecule has 2 unspecified atom stereocenters. The Bertz CT molecular complexity index is 1430. The summed E-state index contributed by atoms with van der Waals surface area (Å²) >= 11 is 2.68. The molecule has 10 heteroatoms. The molecule has 2 aromatic carbocycles. The molecule has 1 N–H and O–H groups in total. The monoisotopic (exact) mass is 493 g/mol. The lowest BCUT2D eigenvalue weighted by atomic mass is 10.1. The Morgan fingerprint density at radius 1 is 1.21 bits per heavy atom. The lowest BCUT2D eigenvalue weighted by Crippen LogP contribution is -2.45. The predicted molar refractivity (Wildman–Crippen MR) is 128 cm³/mol. The number of halogens is 1. The summed E-state index contributed by atoms with van der Waals surface area (Å²) in [6, 6.07) is 11.6. The van der Waals surface area contributed by atoms with Crippen LogP contribution < -0.4 is 5.32 Å². The summed E-state index contributed by atoms with van der Waals surface area (Å²) in [6.07, 6.45) is 1.83. The average Bonchev–Trinajstić information content (AvgIpc) is 3.18. The van der Waals surface area contributed by atoms with Crippen LogP contribution in [0.2, 0.25) is 0 Å². The molecule has 2 aromatic heterocycles. The van der Waals surface area contributed by atoms with E-state index in [1.807, 2.05) is 17.9 Å². The fraction of sp³-hybridized carbons (Fsp3) is 0.292. The second-order valence-corrected chi connectivity index (χ2v) is 10.7. The summed E-state index contributed by atoms with van der Waals surface area (Å²) in [6.45, 7) is 2.21. The molecule has 172 valence electrons. The number of hydrogen-bond acceptors (Lipinski definition) is 7. The van der Waals surface area contributed by atoms with Crippen molar-refractivity contribution >= 4 is 44.9 Å². The number of fused-ring (bicyclic) bond motifs is 2. The minimum absolute atomic E-state index is 0.104. The highest BCUT2D eigenvalue weighted by molar-refractivity contribution is 7.15. The number of benzene rings is 2. The molecule has 0 bridgehead atoms. The van der Waals surface area contributed by atoms with E-state index < -0.39 is 0 Å². The van der Waals surface area contributed by atoms with Gasteiger partial charge in [0.25, 0.3) is 11.8 Å². The van der Waals surface area contributed by atoms with Crippen LogP contribution in [0.1, 0.15) is 38.7 Å². The first-order valence-corrected chi connectivity index (χ1v) is 12.6. The molecule has 0 radical (unpaired) electrons. The number of carbonyl (C=O) groups excluding carboxylic acids is 2. The van der Waals surface area contributed by atoms with E-state index in [2.05, 4.69) is 19.9 Å². The Balaban J connectivity index is 1.22. The number of nitrogens with one attached hydrogen (secondary N) is 1. The van der Waals surface area contributed by atoms with Crippen LogP contribution >= 0.6 is 22.9 Å². The van der Waals surface area contributed by atoms with E-state index in [0.717, 1.165) is 22.5 Å². The Morgan fingerprint density at radius 2 is 2.09 bits per heavy atom. The standard InChI is InChI=1S/C24H20FN5O2S2/c1-12-27-21(22(33-12)13-3-2-4-16(25)7-13)24(32)30-17(8-15-10-19(15)30)11-26-23(31)14-5-6-20-18(9-14)28-29-34-20/h2-7,9,15,17,19H,8,10-11H2,1H3,(H,26,31)/t15?,17-,19?/m0/s1. The second kappa shape index (κ2) is 8.21. The molecule has 2 aliphatic rings. The van der Waals surface area contributed by atoms with Crippen molar-refractivity contribution in [3.63, 3.8) is 0 Å². The van der Waals surface area contributed by atoms with Gasteiger partial charge in [0.05, 0.1) is 20.6 Å². The van der Waals surface area contributed by atoms with Gasteiger partial charge in [-0.05, 0) is 73.1 Å². The Morgan fingerprint density at radius 3 is 2.94 bits per heavy atom. The SMILES string of the molecule is Cc1nc(C(=O)N2C3CC3C[C@H]2CNC(=O)c2ccc3snnc3c2)c(-c2cccc(F)c2)s1. The number of rotatable bonds is 5. The summed E-state index contributed by atoms with van der Waals surface area (Å²) in [7, 11) is 0. The Labute approximate surface area is 202 Å². The van der Waals surface area contributed by atoms with Gasteiger partial charge in [0.15, 0.2) is 0 Å². The molecule has 3 atom stereocenters. The maximum Gasteiger partial charge on any atom is 0.274 e. The number of hydrogen-bond donors (Lipinski definition) is 1. The van der Waals surface area contributed by atoms with Crippen molar-refractivity contribution in [3.05, 3.63) is 64.5 Å². The highest BCUT2D eigenvalue weighted by atomic mass is 32.1. The molecule has 6 rings (SSSR count). The molecule has 1 saturated heterocycles. The van der Waals surface area contributed by atoms with Gasteiger partial charge >= 0.3 is 0 Å². The molecule has 2 fully saturated rings. The normalized spacial score (nSPS) is 21.0. The third-order valence-electron chi connectivity index (χ3n) is 6.48. The molecule has 1 saturated carbocycles. The van der Waals surface area contributed by atoms with Crippen LogP contribution in [-0.4, -0.2) is 49.9 Å². The fourth-order valence-electron chi connectivity index (χ4n) is 4.81. The quantitative estimate of drug-likeness (QED) is 0.448.